The molecule has 0 bridgehead atoms. The van der Waals surface area contributed by atoms with Crippen LogP contribution in [0.1, 0.15) is 71.1 Å². The third-order valence-electron chi connectivity index (χ3n) is 6.48. The van der Waals surface area contributed by atoms with Crippen LogP contribution in [0.25, 0.3) is 0 Å². The molecule has 22 heteroatoms. The van der Waals surface area contributed by atoms with Crippen LogP contribution in [0, 0.1) is 0 Å². The Morgan fingerprint density at radius 1 is 0.385 bits per heavy atom. The molecule has 0 atom stereocenters. The maximum atomic E-state index is 10.2. The molecule has 0 saturated carbocycles. The van der Waals surface area contributed by atoms with Crippen molar-refractivity contribution in [3.63, 3.8) is 0 Å². The minimum absolute atomic E-state index is 0.0694. The third-order valence-corrected chi connectivity index (χ3v) is 6.94. The zero-order valence-corrected chi connectivity index (χ0v) is 32.7. The summed E-state index contributed by atoms with van der Waals surface area (Å²) in [6.45, 7) is 7.57. The highest BCUT2D eigenvalue weighted by atomic mass is 32.3. The molecule has 20 nitrogen and oxygen atoms in total. The fourth-order valence-corrected chi connectivity index (χ4v) is 4.36. The van der Waals surface area contributed by atoms with E-state index < -0.39 is 20.8 Å². The molecule has 0 aromatic rings. The van der Waals surface area contributed by atoms with E-state index in [0.29, 0.717) is 65.3 Å². The fraction of sp³-hybridized carbons (Fsp3) is 1.00. The lowest BCUT2D eigenvalue weighted by molar-refractivity contribution is 0.136. The van der Waals surface area contributed by atoms with Crippen LogP contribution in [-0.2, 0) is 25.0 Å². The number of hydrogen-bond donors (Lipinski definition) is 12. The van der Waals surface area contributed by atoms with E-state index >= 15 is 0 Å². The smallest absolute Gasteiger partial charge is 0.395 e. The first kappa shape index (κ1) is 60.5. The first-order valence-electron chi connectivity index (χ1n) is 17.6. The van der Waals surface area contributed by atoms with Crippen molar-refractivity contribution in [2.75, 3.05) is 125 Å². The van der Waals surface area contributed by atoms with Crippen molar-refractivity contribution in [3.05, 3.63) is 0 Å². The summed E-state index contributed by atoms with van der Waals surface area (Å²) < 4.78 is 64.6. The molecule has 0 aromatic carbocycles. The molecule has 0 fully saturated rings. The molecule has 0 aromatic heterocycles. The topological polar surface area (TPSA) is 330 Å². The second-order valence-corrected chi connectivity index (χ2v) is 12.9. The molecule has 0 radical (unpaired) electrons. The molecule has 0 amide bonds. The Morgan fingerprint density at radius 3 is 0.750 bits per heavy atom. The number of hydrogen-bond acceptors (Lipinski definition) is 17. The maximum absolute atomic E-state index is 10.2. The Hall–Kier alpha value is -0.740. The fourth-order valence-electron chi connectivity index (χ4n) is 4.03. The largest absolute Gasteiger partial charge is 0.397 e. The molecule has 322 valence electrons. The standard InChI is InChI=1S/C12H26O4S.3C6H15NO3.H2O4S/c1-2-3-4-5-6-7-8-9-10-11-12-16-17(13,14)15;3*8-4-1-7(2-5-9)3-6-10;1-5(2,3)4/h2-12H2,1H3,(H,13,14,15);3*8-10H,1-6H2;(H2,1,2,3,4). The summed E-state index contributed by atoms with van der Waals surface area (Å²) in [6.07, 6.45) is 11.9. The first-order chi connectivity index (χ1) is 24.6. The van der Waals surface area contributed by atoms with Crippen LogP contribution in [0.3, 0.4) is 0 Å². The number of nitrogens with zero attached hydrogens (tertiary/aromatic N) is 3. The van der Waals surface area contributed by atoms with E-state index in [1.54, 1.807) is 14.7 Å². The summed E-state index contributed by atoms with van der Waals surface area (Å²) in [7, 11) is -8.90. The van der Waals surface area contributed by atoms with Crippen LogP contribution in [0.5, 0.6) is 0 Å². The van der Waals surface area contributed by atoms with Gasteiger partial charge in [0.25, 0.3) is 0 Å². The molecule has 0 saturated heterocycles. The van der Waals surface area contributed by atoms with E-state index in [1.807, 2.05) is 0 Å². The summed E-state index contributed by atoms with van der Waals surface area (Å²) in [5.74, 6) is 0. The van der Waals surface area contributed by atoms with Crippen LogP contribution in [0.15, 0.2) is 0 Å². The normalized spacial score (nSPS) is 11.2. The van der Waals surface area contributed by atoms with Crippen LogP contribution in [0.2, 0.25) is 0 Å². The molecule has 0 rings (SSSR count). The monoisotopic (exact) mass is 811 g/mol. The van der Waals surface area contributed by atoms with Crippen molar-refractivity contribution in [1.29, 1.82) is 0 Å². The van der Waals surface area contributed by atoms with Gasteiger partial charge in [-0.05, 0) is 6.42 Å². The molecule has 52 heavy (non-hydrogen) atoms. The van der Waals surface area contributed by atoms with Crippen molar-refractivity contribution < 1.29 is 80.6 Å². The molecule has 0 aliphatic rings. The van der Waals surface area contributed by atoms with Crippen molar-refractivity contribution in [2.45, 2.75) is 71.1 Å². The summed E-state index contributed by atoms with van der Waals surface area (Å²) in [6, 6.07) is 0. The van der Waals surface area contributed by atoms with E-state index in [-0.39, 0.29) is 66.1 Å². The van der Waals surface area contributed by atoms with Crippen LogP contribution >= 0.6 is 0 Å². The van der Waals surface area contributed by atoms with Gasteiger partial charge in [0.05, 0.1) is 66.1 Å². The Bertz CT molecular complexity index is 770. The Balaban J connectivity index is -0.000000186. The van der Waals surface area contributed by atoms with E-state index in [0.717, 1.165) is 12.8 Å². The van der Waals surface area contributed by atoms with Crippen molar-refractivity contribution in [1.82, 2.24) is 14.7 Å². The van der Waals surface area contributed by atoms with Gasteiger partial charge in [0.15, 0.2) is 0 Å². The van der Waals surface area contributed by atoms with Gasteiger partial charge in [-0.3, -0.25) is 28.4 Å². The Labute approximate surface area is 311 Å². The van der Waals surface area contributed by atoms with Gasteiger partial charge in [-0.25, -0.2) is 4.18 Å². The van der Waals surface area contributed by atoms with Crippen LogP contribution < -0.4 is 0 Å². The molecule has 12 N–H and O–H groups in total. The molecule has 0 aliphatic heterocycles. The van der Waals surface area contributed by atoms with Gasteiger partial charge in [-0.15, -0.1) is 0 Å². The summed E-state index contributed by atoms with van der Waals surface area (Å²) >= 11 is 0. The molecule has 0 heterocycles. The lowest BCUT2D eigenvalue weighted by Gasteiger charge is -2.17. The second kappa shape index (κ2) is 48.3. The van der Waals surface area contributed by atoms with Crippen molar-refractivity contribution in [2.24, 2.45) is 0 Å². The Kier molecular flexibility index (Phi) is 56.2. The molecule has 0 aliphatic carbocycles. The van der Waals surface area contributed by atoms with E-state index in [1.165, 1.54) is 44.9 Å². The quantitative estimate of drug-likeness (QED) is 0.0272. The summed E-state index contributed by atoms with van der Waals surface area (Å²) in [5, 5.41) is 76.4. The number of rotatable bonds is 30. The Morgan fingerprint density at radius 2 is 0.577 bits per heavy atom. The van der Waals surface area contributed by atoms with Gasteiger partial charge in [-0.1, -0.05) is 64.7 Å². The molecule has 0 unspecified atom stereocenters. The predicted molar refractivity (Wildman–Crippen MR) is 197 cm³/mol. The van der Waals surface area contributed by atoms with Gasteiger partial charge in [-0.2, -0.15) is 16.8 Å². The average molecular weight is 812 g/mol. The zero-order valence-electron chi connectivity index (χ0n) is 31.1. The first-order valence-corrected chi connectivity index (χ1v) is 20.3. The van der Waals surface area contributed by atoms with Gasteiger partial charge in [0.2, 0.25) is 0 Å². The van der Waals surface area contributed by atoms with Gasteiger partial charge in [0, 0.05) is 58.9 Å². The average Bonchev–Trinajstić information content (AvgIpc) is 3.05. The lowest BCUT2D eigenvalue weighted by Crippen LogP contribution is -2.32. The highest BCUT2D eigenvalue weighted by Crippen LogP contribution is 2.10. The SMILES string of the molecule is CCCCCCCCCCCCOS(=O)(=O)O.O=S(=O)(O)O.OCCN(CCO)CCO.OCCN(CCO)CCO.OCCN(CCO)CCO. The highest BCUT2D eigenvalue weighted by Gasteiger charge is 2.03. The van der Waals surface area contributed by atoms with Gasteiger partial charge in [0.1, 0.15) is 0 Å². The zero-order chi connectivity index (χ0) is 40.9. The number of aliphatic hydroxyl groups excluding tert-OH is 9. The highest BCUT2D eigenvalue weighted by molar-refractivity contribution is 7.80. The minimum atomic E-state index is -4.67. The van der Waals surface area contributed by atoms with E-state index in [4.69, 9.17) is 68.0 Å². The molecular formula is C30H73N3O17S2. The summed E-state index contributed by atoms with van der Waals surface area (Å²) in [5.41, 5.74) is 0. The number of unbranched alkanes of at least 4 members (excludes halogenated alkanes) is 9. The molecule has 0 spiro atoms. The molecular weight excluding hydrogens is 738 g/mol. The van der Waals surface area contributed by atoms with E-state index in [2.05, 4.69) is 11.1 Å². The summed E-state index contributed by atoms with van der Waals surface area (Å²) in [4.78, 5) is 5.38. The minimum Gasteiger partial charge on any atom is -0.395 e. The third kappa shape index (κ3) is 70.8. The van der Waals surface area contributed by atoms with Gasteiger partial charge < -0.3 is 46.0 Å². The second-order valence-electron chi connectivity index (χ2n) is 10.9. The number of aliphatic hydroxyl groups is 9. The van der Waals surface area contributed by atoms with Crippen LogP contribution in [-0.4, -0.2) is 216 Å². The van der Waals surface area contributed by atoms with Crippen LogP contribution in [0.4, 0.5) is 0 Å². The maximum Gasteiger partial charge on any atom is 0.397 e. The lowest BCUT2D eigenvalue weighted by atomic mass is 10.1. The van der Waals surface area contributed by atoms with Crippen molar-refractivity contribution >= 4 is 20.8 Å². The van der Waals surface area contributed by atoms with Crippen molar-refractivity contribution in [3.8, 4) is 0 Å². The van der Waals surface area contributed by atoms with Gasteiger partial charge >= 0.3 is 20.8 Å². The van der Waals surface area contributed by atoms with E-state index in [9.17, 15) is 8.42 Å². The predicted octanol–water partition coefficient (Wildman–Crippen LogP) is -2.13.